The number of hydrogen-bond acceptors (Lipinski definition) is 2. The predicted octanol–water partition coefficient (Wildman–Crippen LogP) is 2.34. The lowest BCUT2D eigenvalue weighted by Gasteiger charge is -2.20. The van der Waals surface area contributed by atoms with Crippen molar-refractivity contribution in [1.82, 2.24) is 4.90 Å². The molecular formula is C14H22N2. The summed E-state index contributed by atoms with van der Waals surface area (Å²) < 4.78 is 0. The average molecular weight is 218 g/mol. The molecule has 1 saturated heterocycles. The van der Waals surface area contributed by atoms with Crippen LogP contribution in [0.25, 0.3) is 0 Å². The van der Waals surface area contributed by atoms with Gasteiger partial charge >= 0.3 is 0 Å². The van der Waals surface area contributed by atoms with Crippen molar-refractivity contribution in [2.75, 3.05) is 19.6 Å². The molecule has 0 radical (unpaired) electrons. The predicted molar refractivity (Wildman–Crippen MR) is 68.4 cm³/mol. The molecule has 1 aliphatic heterocycles. The van der Waals surface area contributed by atoms with E-state index in [1.807, 2.05) is 0 Å². The monoisotopic (exact) mass is 218 g/mol. The zero-order valence-electron chi connectivity index (χ0n) is 10.2. The molecule has 1 heterocycles. The van der Waals surface area contributed by atoms with Crippen molar-refractivity contribution in [2.24, 2.45) is 5.73 Å². The molecule has 88 valence electrons. The Bertz CT molecular complexity index is 312. The Labute approximate surface area is 98.4 Å². The fourth-order valence-corrected chi connectivity index (χ4v) is 2.44. The molecule has 0 aromatic heterocycles. The number of rotatable bonds is 4. The Balaban J connectivity index is 1.94. The molecule has 2 N–H and O–H groups in total. The van der Waals surface area contributed by atoms with Gasteiger partial charge in [0.2, 0.25) is 0 Å². The van der Waals surface area contributed by atoms with Gasteiger partial charge in [-0.15, -0.1) is 0 Å². The molecule has 1 aromatic rings. The van der Waals surface area contributed by atoms with Crippen LogP contribution in [-0.2, 0) is 6.54 Å². The van der Waals surface area contributed by atoms with Crippen LogP contribution in [0.1, 0.15) is 36.8 Å². The van der Waals surface area contributed by atoms with Gasteiger partial charge in [0.25, 0.3) is 0 Å². The van der Waals surface area contributed by atoms with E-state index in [0.29, 0.717) is 12.5 Å². The lowest BCUT2D eigenvalue weighted by molar-refractivity contribution is 0.320. The summed E-state index contributed by atoms with van der Waals surface area (Å²) >= 11 is 0. The maximum Gasteiger partial charge on any atom is 0.0178 e. The minimum absolute atomic E-state index is 0.630. The third-order valence-electron chi connectivity index (χ3n) is 3.52. The Kier molecular flexibility index (Phi) is 3.97. The molecule has 1 aromatic carbocycles. The van der Waals surface area contributed by atoms with Crippen LogP contribution in [0.15, 0.2) is 24.3 Å². The summed E-state index contributed by atoms with van der Waals surface area (Å²) in [6.45, 7) is 6.72. The molecule has 2 nitrogen and oxygen atoms in total. The second kappa shape index (κ2) is 5.46. The Morgan fingerprint density at radius 1 is 1.19 bits per heavy atom. The van der Waals surface area contributed by atoms with Gasteiger partial charge in [-0.05, 0) is 43.0 Å². The van der Waals surface area contributed by atoms with Gasteiger partial charge in [0.15, 0.2) is 0 Å². The molecule has 16 heavy (non-hydrogen) atoms. The minimum Gasteiger partial charge on any atom is -0.326 e. The SMILES string of the molecule is CC(CN1CCCC1)c1ccc(CN)cc1. The molecule has 0 bridgehead atoms. The van der Waals surface area contributed by atoms with Crippen molar-refractivity contribution in [3.05, 3.63) is 35.4 Å². The smallest absolute Gasteiger partial charge is 0.0178 e. The van der Waals surface area contributed by atoms with E-state index in [4.69, 9.17) is 5.73 Å². The number of likely N-dealkylation sites (tertiary alicyclic amines) is 1. The Morgan fingerprint density at radius 2 is 1.81 bits per heavy atom. The van der Waals surface area contributed by atoms with Crippen LogP contribution in [0.4, 0.5) is 0 Å². The summed E-state index contributed by atoms with van der Waals surface area (Å²) in [6, 6.07) is 8.75. The van der Waals surface area contributed by atoms with Gasteiger partial charge in [-0.2, -0.15) is 0 Å². The van der Waals surface area contributed by atoms with E-state index in [-0.39, 0.29) is 0 Å². The Morgan fingerprint density at radius 3 is 2.38 bits per heavy atom. The molecule has 0 amide bonds. The maximum atomic E-state index is 5.60. The van der Waals surface area contributed by atoms with Crippen molar-refractivity contribution in [2.45, 2.75) is 32.2 Å². The molecule has 0 saturated carbocycles. The van der Waals surface area contributed by atoms with E-state index in [2.05, 4.69) is 36.1 Å². The number of nitrogens with two attached hydrogens (primary N) is 1. The Hall–Kier alpha value is -0.860. The highest BCUT2D eigenvalue weighted by Gasteiger charge is 2.15. The zero-order chi connectivity index (χ0) is 11.4. The molecule has 1 aliphatic rings. The van der Waals surface area contributed by atoms with E-state index in [0.717, 1.165) is 0 Å². The van der Waals surface area contributed by atoms with Gasteiger partial charge in [-0.1, -0.05) is 31.2 Å². The van der Waals surface area contributed by atoms with Crippen LogP contribution in [0, 0.1) is 0 Å². The van der Waals surface area contributed by atoms with Crippen molar-refractivity contribution < 1.29 is 0 Å². The van der Waals surface area contributed by atoms with Gasteiger partial charge in [0.05, 0.1) is 0 Å². The third-order valence-corrected chi connectivity index (χ3v) is 3.52. The molecule has 0 aliphatic carbocycles. The molecule has 0 spiro atoms. The maximum absolute atomic E-state index is 5.60. The summed E-state index contributed by atoms with van der Waals surface area (Å²) in [5.41, 5.74) is 8.25. The van der Waals surface area contributed by atoms with Crippen molar-refractivity contribution in [1.29, 1.82) is 0 Å². The van der Waals surface area contributed by atoms with Crippen molar-refractivity contribution >= 4 is 0 Å². The summed E-state index contributed by atoms with van der Waals surface area (Å²) in [5.74, 6) is 0.630. The topological polar surface area (TPSA) is 29.3 Å². The lowest BCUT2D eigenvalue weighted by Crippen LogP contribution is -2.24. The first-order valence-corrected chi connectivity index (χ1v) is 6.31. The fraction of sp³-hybridized carbons (Fsp3) is 0.571. The summed E-state index contributed by atoms with van der Waals surface area (Å²) in [5, 5.41) is 0. The largest absolute Gasteiger partial charge is 0.326 e. The number of hydrogen-bond donors (Lipinski definition) is 1. The summed E-state index contributed by atoms with van der Waals surface area (Å²) in [4.78, 5) is 2.57. The molecule has 2 rings (SSSR count). The highest BCUT2D eigenvalue weighted by Crippen LogP contribution is 2.19. The van der Waals surface area contributed by atoms with E-state index in [9.17, 15) is 0 Å². The first-order chi connectivity index (χ1) is 7.79. The fourth-order valence-electron chi connectivity index (χ4n) is 2.44. The van der Waals surface area contributed by atoms with Gasteiger partial charge in [-0.3, -0.25) is 0 Å². The van der Waals surface area contributed by atoms with Crippen LogP contribution >= 0.6 is 0 Å². The second-order valence-corrected chi connectivity index (χ2v) is 4.85. The van der Waals surface area contributed by atoms with Gasteiger partial charge in [0.1, 0.15) is 0 Å². The van der Waals surface area contributed by atoms with Crippen LogP contribution in [0.3, 0.4) is 0 Å². The van der Waals surface area contributed by atoms with E-state index < -0.39 is 0 Å². The van der Waals surface area contributed by atoms with Crippen molar-refractivity contribution in [3.63, 3.8) is 0 Å². The quantitative estimate of drug-likeness (QED) is 0.840. The normalized spacial score (nSPS) is 18.9. The minimum atomic E-state index is 0.630. The number of nitrogens with zero attached hydrogens (tertiary/aromatic N) is 1. The standard InChI is InChI=1S/C14H22N2/c1-12(11-16-8-2-3-9-16)14-6-4-13(10-15)5-7-14/h4-7,12H,2-3,8-11,15H2,1H3. The third kappa shape index (κ3) is 2.83. The first kappa shape index (κ1) is 11.6. The average Bonchev–Trinajstić information content (AvgIpc) is 2.82. The van der Waals surface area contributed by atoms with Crippen LogP contribution in [-0.4, -0.2) is 24.5 Å². The summed E-state index contributed by atoms with van der Waals surface area (Å²) in [6.07, 6.45) is 2.75. The lowest BCUT2D eigenvalue weighted by atomic mass is 9.99. The van der Waals surface area contributed by atoms with Crippen LogP contribution < -0.4 is 5.73 Å². The van der Waals surface area contributed by atoms with Crippen LogP contribution in [0.2, 0.25) is 0 Å². The molecule has 2 heteroatoms. The van der Waals surface area contributed by atoms with E-state index >= 15 is 0 Å². The molecule has 1 atom stereocenters. The van der Waals surface area contributed by atoms with E-state index in [1.165, 1.54) is 43.6 Å². The van der Waals surface area contributed by atoms with Gasteiger partial charge < -0.3 is 10.6 Å². The van der Waals surface area contributed by atoms with Gasteiger partial charge in [0, 0.05) is 13.1 Å². The highest BCUT2D eigenvalue weighted by molar-refractivity contribution is 5.25. The second-order valence-electron chi connectivity index (χ2n) is 4.85. The highest BCUT2D eigenvalue weighted by atomic mass is 15.1. The molecular weight excluding hydrogens is 196 g/mol. The summed E-state index contributed by atoms with van der Waals surface area (Å²) in [7, 11) is 0. The zero-order valence-corrected chi connectivity index (χ0v) is 10.2. The number of benzene rings is 1. The van der Waals surface area contributed by atoms with Crippen LogP contribution in [0.5, 0.6) is 0 Å². The molecule has 1 fully saturated rings. The van der Waals surface area contributed by atoms with Crippen molar-refractivity contribution in [3.8, 4) is 0 Å². The van der Waals surface area contributed by atoms with Gasteiger partial charge in [-0.25, -0.2) is 0 Å². The first-order valence-electron chi connectivity index (χ1n) is 6.31. The van der Waals surface area contributed by atoms with E-state index in [1.54, 1.807) is 0 Å². The molecule has 1 unspecified atom stereocenters.